The monoisotopic (exact) mass is 376 g/mol. The van der Waals surface area contributed by atoms with Crippen molar-refractivity contribution in [2.24, 2.45) is 5.10 Å². The van der Waals surface area contributed by atoms with Crippen molar-refractivity contribution in [2.45, 2.75) is 0 Å². The minimum Gasteiger partial charge on any atom is -0.452 e. The van der Waals surface area contributed by atoms with Crippen LogP contribution in [-0.2, 0) is 4.74 Å². The molecule has 0 fully saturated rings. The number of methoxy groups -OCH3 is 1. The van der Waals surface area contributed by atoms with E-state index in [0.717, 1.165) is 4.47 Å². The lowest BCUT2D eigenvalue weighted by atomic mass is 10.2. The van der Waals surface area contributed by atoms with E-state index in [2.05, 4.69) is 31.2 Å². The topological polar surface area (TPSA) is 77.0 Å². The molecule has 0 aliphatic rings. The van der Waals surface area contributed by atoms with E-state index in [1.54, 1.807) is 42.5 Å². The summed E-state index contributed by atoms with van der Waals surface area (Å²) < 4.78 is 10.6. The van der Waals surface area contributed by atoms with Gasteiger partial charge < -0.3 is 9.47 Å². The molecule has 0 bridgehead atoms. The van der Waals surface area contributed by atoms with Gasteiger partial charge in [-0.2, -0.15) is 5.10 Å². The number of ether oxygens (including phenoxy) is 2. The maximum Gasteiger partial charge on any atom is 0.427 e. The minimum absolute atomic E-state index is 0.317. The fourth-order valence-corrected chi connectivity index (χ4v) is 2.03. The molecule has 2 rings (SSSR count). The van der Waals surface area contributed by atoms with E-state index in [1.807, 2.05) is 6.07 Å². The molecule has 6 nitrogen and oxygen atoms in total. The van der Waals surface area contributed by atoms with Gasteiger partial charge in [-0.25, -0.2) is 15.0 Å². The van der Waals surface area contributed by atoms with Crippen LogP contribution in [0.1, 0.15) is 15.9 Å². The largest absolute Gasteiger partial charge is 0.452 e. The molecule has 0 saturated heterocycles. The van der Waals surface area contributed by atoms with Crippen LogP contribution in [0.4, 0.5) is 4.79 Å². The zero-order valence-electron chi connectivity index (χ0n) is 12.2. The van der Waals surface area contributed by atoms with Crippen molar-refractivity contribution in [3.05, 3.63) is 64.1 Å². The number of halogens is 1. The fraction of sp³-hybridized carbons (Fsp3) is 0.0625. The zero-order chi connectivity index (χ0) is 16.7. The number of hydrazone groups is 1. The van der Waals surface area contributed by atoms with Crippen molar-refractivity contribution in [1.29, 1.82) is 0 Å². The van der Waals surface area contributed by atoms with Crippen molar-refractivity contribution < 1.29 is 19.1 Å². The standard InChI is InChI=1S/C16H13BrN2O4/c1-22-16(21)19-18-10-12-9-13(17)7-8-14(12)23-15(20)11-5-3-2-4-6-11/h2-10H,1H3,(H,19,21)/b18-10+. The van der Waals surface area contributed by atoms with E-state index >= 15 is 0 Å². The average molecular weight is 377 g/mol. The van der Waals surface area contributed by atoms with Crippen LogP contribution >= 0.6 is 15.9 Å². The number of rotatable bonds is 4. The first kappa shape index (κ1) is 16.7. The van der Waals surface area contributed by atoms with E-state index in [9.17, 15) is 9.59 Å². The summed E-state index contributed by atoms with van der Waals surface area (Å²) in [5, 5.41) is 3.73. The molecule has 118 valence electrons. The molecule has 23 heavy (non-hydrogen) atoms. The highest BCUT2D eigenvalue weighted by molar-refractivity contribution is 9.10. The Balaban J connectivity index is 2.18. The summed E-state index contributed by atoms with van der Waals surface area (Å²) in [5.41, 5.74) is 3.12. The molecular weight excluding hydrogens is 364 g/mol. The van der Waals surface area contributed by atoms with E-state index < -0.39 is 12.1 Å². The molecule has 0 aliphatic carbocycles. The number of nitrogens with zero attached hydrogens (tertiary/aromatic N) is 1. The molecular formula is C16H13BrN2O4. The Morgan fingerprint density at radius 1 is 1.17 bits per heavy atom. The summed E-state index contributed by atoms with van der Waals surface area (Å²) >= 11 is 3.33. The van der Waals surface area contributed by atoms with Crippen LogP contribution in [0.15, 0.2) is 58.1 Å². The third-order valence-electron chi connectivity index (χ3n) is 2.73. The molecule has 0 aliphatic heterocycles. The van der Waals surface area contributed by atoms with Gasteiger partial charge >= 0.3 is 12.1 Å². The SMILES string of the molecule is COC(=O)N/N=C/c1cc(Br)ccc1OC(=O)c1ccccc1. The summed E-state index contributed by atoms with van der Waals surface area (Å²) in [6.45, 7) is 0. The molecule has 0 unspecified atom stereocenters. The number of esters is 1. The first-order valence-electron chi connectivity index (χ1n) is 6.54. The molecule has 7 heteroatoms. The van der Waals surface area contributed by atoms with E-state index in [0.29, 0.717) is 16.9 Å². The zero-order valence-corrected chi connectivity index (χ0v) is 13.7. The minimum atomic E-state index is -0.695. The fourth-order valence-electron chi connectivity index (χ4n) is 1.65. The second kappa shape index (κ2) is 8.09. The molecule has 1 amide bonds. The van der Waals surface area contributed by atoms with Crippen LogP contribution in [0, 0.1) is 0 Å². The summed E-state index contributed by atoms with van der Waals surface area (Å²) in [7, 11) is 1.23. The van der Waals surface area contributed by atoms with Gasteiger partial charge in [-0.1, -0.05) is 34.1 Å². The predicted molar refractivity (Wildman–Crippen MR) is 88.7 cm³/mol. The Morgan fingerprint density at radius 2 is 1.91 bits per heavy atom. The first-order chi connectivity index (χ1) is 11.1. The van der Waals surface area contributed by atoms with Crippen molar-refractivity contribution in [1.82, 2.24) is 5.43 Å². The van der Waals surface area contributed by atoms with Crippen molar-refractivity contribution in [3.63, 3.8) is 0 Å². The lowest BCUT2D eigenvalue weighted by Crippen LogP contribution is -2.17. The van der Waals surface area contributed by atoms with Crippen LogP contribution in [-0.4, -0.2) is 25.4 Å². The van der Waals surface area contributed by atoms with E-state index in [-0.39, 0.29) is 0 Å². The first-order valence-corrected chi connectivity index (χ1v) is 7.33. The highest BCUT2D eigenvalue weighted by Gasteiger charge is 2.11. The summed E-state index contributed by atoms with van der Waals surface area (Å²) in [6.07, 6.45) is 0.661. The molecule has 0 atom stereocenters. The lowest BCUT2D eigenvalue weighted by Gasteiger charge is -2.08. The number of benzene rings is 2. The van der Waals surface area contributed by atoms with Gasteiger partial charge in [-0.3, -0.25) is 0 Å². The summed E-state index contributed by atoms with van der Waals surface area (Å²) in [4.78, 5) is 23.1. The van der Waals surface area contributed by atoms with Crippen molar-refractivity contribution in [2.75, 3.05) is 7.11 Å². The van der Waals surface area contributed by atoms with Gasteiger partial charge in [0.25, 0.3) is 0 Å². The van der Waals surface area contributed by atoms with E-state index in [4.69, 9.17) is 4.74 Å². The third-order valence-corrected chi connectivity index (χ3v) is 3.22. The molecule has 0 heterocycles. The Bertz CT molecular complexity index is 732. The second-order valence-corrected chi connectivity index (χ2v) is 5.21. The van der Waals surface area contributed by atoms with Crippen molar-refractivity contribution >= 4 is 34.2 Å². The van der Waals surface area contributed by atoms with Crippen LogP contribution in [0.3, 0.4) is 0 Å². The van der Waals surface area contributed by atoms with Crippen LogP contribution < -0.4 is 10.2 Å². The lowest BCUT2D eigenvalue weighted by molar-refractivity contribution is 0.0734. The number of carbonyl (C=O) groups is 2. The highest BCUT2D eigenvalue weighted by Crippen LogP contribution is 2.22. The Kier molecular flexibility index (Phi) is 5.87. The molecule has 0 spiro atoms. The number of hydrogen-bond donors (Lipinski definition) is 1. The van der Waals surface area contributed by atoms with Gasteiger partial charge in [0.2, 0.25) is 0 Å². The Hall–Kier alpha value is -2.67. The number of amides is 1. The smallest absolute Gasteiger partial charge is 0.427 e. The number of nitrogens with one attached hydrogen (secondary N) is 1. The Labute approximate surface area is 141 Å². The van der Waals surface area contributed by atoms with Crippen molar-refractivity contribution in [3.8, 4) is 5.75 Å². The second-order valence-electron chi connectivity index (χ2n) is 4.30. The molecule has 0 aromatic heterocycles. The van der Waals surface area contributed by atoms with Gasteiger partial charge in [0.1, 0.15) is 5.75 Å². The van der Waals surface area contributed by atoms with Gasteiger partial charge in [0.05, 0.1) is 18.9 Å². The van der Waals surface area contributed by atoms with Gasteiger partial charge in [-0.15, -0.1) is 0 Å². The molecule has 2 aromatic carbocycles. The Morgan fingerprint density at radius 3 is 2.61 bits per heavy atom. The summed E-state index contributed by atoms with van der Waals surface area (Å²) in [5.74, 6) is -0.166. The predicted octanol–water partition coefficient (Wildman–Crippen LogP) is 3.36. The normalized spacial score (nSPS) is 10.3. The molecule has 2 aromatic rings. The molecule has 0 radical (unpaired) electrons. The average Bonchev–Trinajstić information content (AvgIpc) is 2.57. The van der Waals surface area contributed by atoms with E-state index in [1.165, 1.54) is 13.3 Å². The van der Waals surface area contributed by atoms with Gasteiger partial charge in [0, 0.05) is 10.0 Å². The molecule has 1 N–H and O–H groups in total. The quantitative estimate of drug-likeness (QED) is 0.384. The molecule has 0 saturated carbocycles. The summed E-state index contributed by atoms with van der Waals surface area (Å²) in [6, 6.07) is 13.7. The third kappa shape index (κ3) is 4.93. The maximum atomic E-state index is 12.1. The number of carbonyl (C=O) groups excluding carboxylic acids is 2. The highest BCUT2D eigenvalue weighted by atomic mass is 79.9. The van der Waals surface area contributed by atoms with Gasteiger partial charge in [0.15, 0.2) is 0 Å². The maximum absolute atomic E-state index is 12.1. The van der Waals surface area contributed by atoms with Gasteiger partial charge in [-0.05, 0) is 30.3 Å². The van der Waals surface area contributed by atoms with Crippen LogP contribution in [0.25, 0.3) is 0 Å². The van der Waals surface area contributed by atoms with Crippen LogP contribution in [0.5, 0.6) is 5.75 Å². The number of hydrogen-bond acceptors (Lipinski definition) is 5. The van der Waals surface area contributed by atoms with Crippen LogP contribution in [0.2, 0.25) is 0 Å².